The van der Waals surface area contributed by atoms with Crippen molar-refractivity contribution in [1.82, 2.24) is 10.6 Å². The van der Waals surface area contributed by atoms with Gasteiger partial charge in [-0.1, -0.05) is 25.5 Å². The number of amides is 3. The average Bonchev–Trinajstić information content (AvgIpc) is 2.58. The monoisotopic (exact) mass is 379 g/mol. The van der Waals surface area contributed by atoms with Crippen LogP contribution in [-0.4, -0.2) is 43.4 Å². The maximum absolute atomic E-state index is 12.1. The molecule has 0 saturated carbocycles. The number of nitrogens with one attached hydrogen (secondary N) is 3. The lowest BCUT2D eigenvalue weighted by Crippen LogP contribution is -2.39. The Morgan fingerprint density at radius 1 is 1.04 bits per heavy atom. The summed E-state index contributed by atoms with van der Waals surface area (Å²) in [5.74, 6) is -0.481. The molecule has 3 amide bonds. The van der Waals surface area contributed by atoms with E-state index in [0.717, 1.165) is 12.8 Å². The quantitative estimate of drug-likeness (QED) is 0.475. The Hall–Kier alpha value is -2.77. The molecular formula is C19H29N3O5. The molecule has 3 N–H and O–H groups in total. The molecule has 1 rings (SSSR count). The molecule has 0 saturated heterocycles. The fourth-order valence-electron chi connectivity index (χ4n) is 1.98. The number of anilines is 1. The number of hydrogen-bond acceptors (Lipinski definition) is 5. The van der Waals surface area contributed by atoms with E-state index in [4.69, 9.17) is 9.47 Å². The number of esters is 1. The van der Waals surface area contributed by atoms with Crippen molar-refractivity contribution < 1.29 is 23.9 Å². The molecule has 0 atom stereocenters. The van der Waals surface area contributed by atoms with Crippen molar-refractivity contribution in [3.63, 3.8) is 0 Å². The average molecular weight is 379 g/mol. The van der Waals surface area contributed by atoms with E-state index < -0.39 is 23.7 Å². The second kappa shape index (κ2) is 11.1. The van der Waals surface area contributed by atoms with Gasteiger partial charge in [0.25, 0.3) is 0 Å². The number of unbranched alkanes of at least 4 members (excludes halogenated alkanes) is 1. The Balaban J connectivity index is 2.44. The molecule has 0 unspecified atom stereocenters. The van der Waals surface area contributed by atoms with Crippen LogP contribution in [0, 0.1) is 0 Å². The van der Waals surface area contributed by atoms with Crippen LogP contribution in [0.5, 0.6) is 0 Å². The lowest BCUT2D eigenvalue weighted by atomic mass is 10.2. The van der Waals surface area contributed by atoms with Crippen LogP contribution in [0.4, 0.5) is 15.3 Å². The molecule has 0 aliphatic heterocycles. The molecule has 0 spiro atoms. The Bertz CT molecular complexity index is 640. The summed E-state index contributed by atoms with van der Waals surface area (Å²) >= 11 is 0. The third-order valence-electron chi connectivity index (χ3n) is 3.21. The molecule has 0 aromatic heterocycles. The maximum atomic E-state index is 12.1. The van der Waals surface area contributed by atoms with E-state index in [1.807, 2.05) is 6.92 Å². The SMILES string of the molecule is CCCCOC(=O)c1ccccc1NC(=O)NCCNC(=O)OC(C)(C)C. The molecule has 8 heteroatoms. The highest BCUT2D eigenvalue weighted by Gasteiger charge is 2.16. The lowest BCUT2D eigenvalue weighted by molar-refractivity contribution is 0.0497. The van der Waals surface area contributed by atoms with Gasteiger partial charge in [-0.25, -0.2) is 14.4 Å². The predicted octanol–water partition coefficient (Wildman–Crippen LogP) is 3.29. The third-order valence-corrected chi connectivity index (χ3v) is 3.21. The summed E-state index contributed by atoms with van der Waals surface area (Å²) in [6, 6.07) is 6.13. The molecule has 1 aromatic carbocycles. The highest BCUT2D eigenvalue weighted by Crippen LogP contribution is 2.16. The van der Waals surface area contributed by atoms with Gasteiger partial charge in [0.1, 0.15) is 5.60 Å². The molecule has 0 aliphatic rings. The van der Waals surface area contributed by atoms with E-state index in [0.29, 0.717) is 12.3 Å². The summed E-state index contributed by atoms with van der Waals surface area (Å²) in [6.07, 6.45) is 1.16. The second-order valence-corrected chi connectivity index (χ2v) is 6.84. The van der Waals surface area contributed by atoms with Crippen molar-refractivity contribution in [3.05, 3.63) is 29.8 Å². The van der Waals surface area contributed by atoms with Crippen LogP contribution in [0.1, 0.15) is 50.9 Å². The second-order valence-electron chi connectivity index (χ2n) is 6.84. The van der Waals surface area contributed by atoms with Crippen LogP contribution in [0.2, 0.25) is 0 Å². The van der Waals surface area contributed by atoms with Gasteiger partial charge in [-0.2, -0.15) is 0 Å². The summed E-state index contributed by atoms with van der Waals surface area (Å²) in [4.78, 5) is 35.6. The van der Waals surface area contributed by atoms with Gasteiger partial charge >= 0.3 is 18.1 Å². The first kappa shape index (κ1) is 22.3. The number of alkyl carbamates (subject to hydrolysis) is 1. The molecule has 27 heavy (non-hydrogen) atoms. The van der Waals surface area contributed by atoms with Gasteiger partial charge in [-0.05, 0) is 39.3 Å². The number of para-hydroxylation sites is 1. The summed E-state index contributed by atoms with van der Waals surface area (Å²) in [5.41, 5.74) is 0.0666. The normalized spacial score (nSPS) is 10.7. The van der Waals surface area contributed by atoms with E-state index in [2.05, 4.69) is 16.0 Å². The topological polar surface area (TPSA) is 106 Å². The summed E-state index contributed by atoms with van der Waals surface area (Å²) in [5, 5.41) is 7.75. The lowest BCUT2D eigenvalue weighted by Gasteiger charge is -2.19. The zero-order valence-corrected chi connectivity index (χ0v) is 16.4. The standard InChI is InChI=1S/C19H29N3O5/c1-5-6-13-26-16(23)14-9-7-8-10-15(14)22-17(24)20-11-12-21-18(25)27-19(2,3)4/h7-10H,5-6,11-13H2,1-4H3,(H,21,25)(H2,20,22,24). The van der Waals surface area contributed by atoms with Crippen molar-refractivity contribution in [2.24, 2.45) is 0 Å². The largest absolute Gasteiger partial charge is 0.462 e. The number of carbonyl (C=O) groups is 3. The van der Waals surface area contributed by atoms with E-state index >= 15 is 0 Å². The number of hydrogen-bond donors (Lipinski definition) is 3. The van der Waals surface area contributed by atoms with Crippen LogP contribution < -0.4 is 16.0 Å². The van der Waals surface area contributed by atoms with Crippen molar-refractivity contribution in [3.8, 4) is 0 Å². The molecular weight excluding hydrogens is 350 g/mol. The van der Waals surface area contributed by atoms with Gasteiger partial charge in [-0.15, -0.1) is 0 Å². The van der Waals surface area contributed by atoms with E-state index in [1.54, 1.807) is 45.0 Å². The van der Waals surface area contributed by atoms with Crippen LogP contribution in [0.15, 0.2) is 24.3 Å². The van der Waals surface area contributed by atoms with Crippen molar-refractivity contribution in [2.45, 2.75) is 46.1 Å². The molecule has 0 fully saturated rings. The van der Waals surface area contributed by atoms with E-state index in [-0.39, 0.29) is 18.7 Å². The van der Waals surface area contributed by atoms with Crippen LogP contribution in [0.3, 0.4) is 0 Å². The van der Waals surface area contributed by atoms with Crippen LogP contribution in [-0.2, 0) is 9.47 Å². The van der Waals surface area contributed by atoms with Crippen molar-refractivity contribution in [1.29, 1.82) is 0 Å². The highest BCUT2D eigenvalue weighted by atomic mass is 16.6. The highest BCUT2D eigenvalue weighted by molar-refractivity contribution is 6.00. The Kier molecular flexibility index (Phi) is 9.12. The minimum absolute atomic E-state index is 0.203. The Morgan fingerprint density at radius 2 is 1.70 bits per heavy atom. The minimum atomic E-state index is -0.579. The molecule has 0 radical (unpaired) electrons. The Morgan fingerprint density at radius 3 is 2.37 bits per heavy atom. The molecule has 0 heterocycles. The molecule has 150 valence electrons. The predicted molar refractivity (Wildman–Crippen MR) is 103 cm³/mol. The van der Waals surface area contributed by atoms with Crippen molar-refractivity contribution >= 4 is 23.8 Å². The summed E-state index contributed by atoms with van der Waals surface area (Å²) < 4.78 is 10.3. The zero-order valence-electron chi connectivity index (χ0n) is 16.4. The molecule has 0 bridgehead atoms. The molecule has 0 aliphatic carbocycles. The summed E-state index contributed by atoms with van der Waals surface area (Å²) in [6.45, 7) is 8.06. The number of urea groups is 1. The minimum Gasteiger partial charge on any atom is -0.462 e. The number of rotatable bonds is 8. The van der Waals surface area contributed by atoms with Gasteiger partial charge in [-0.3, -0.25) is 0 Å². The first-order valence-corrected chi connectivity index (χ1v) is 9.00. The van der Waals surface area contributed by atoms with E-state index in [9.17, 15) is 14.4 Å². The first-order valence-electron chi connectivity index (χ1n) is 9.00. The van der Waals surface area contributed by atoms with Gasteiger partial charge < -0.3 is 25.4 Å². The first-order chi connectivity index (χ1) is 12.7. The number of ether oxygens (including phenoxy) is 2. The van der Waals surface area contributed by atoms with Gasteiger partial charge in [0, 0.05) is 13.1 Å². The Labute approximate surface area is 160 Å². The molecule has 8 nitrogen and oxygen atoms in total. The van der Waals surface area contributed by atoms with Crippen LogP contribution in [0.25, 0.3) is 0 Å². The number of benzene rings is 1. The van der Waals surface area contributed by atoms with Gasteiger partial charge in [0.2, 0.25) is 0 Å². The van der Waals surface area contributed by atoms with Crippen molar-refractivity contribution in [2.75, 3.05) is 25.0 Å². The zero-order chi connectivity index (χ0) is 20.3. The van der Waals surface area contributed by atoms with E-state index in [1.165, 1.54) is 0 Å². The van der Waals surface area contributed by atoms with Crippen LogP contribution >= 0.6 is 0 Å². The number of carbonyl (C=O) groups excluding carboxylic acids is 3. The third kappa shape index (κ3) is 9.48. The summed E-state index contributed by atoms with van der Waals surface area (Å²) in [7, 11) is 0. The smallest absolute Gasteiger partial charge is 0.407 e. The fraction of sp³-hybridized carbons (Fsp3) is 0.526. The van der Waals surface area contributed by atoms with Gasteiger partial charge in [0.05, 0.1) is 17.9 Å². The molecule has 1 aromatic rings. The maximum Gasteiger partial charge on any atom is 0.407 e. The van der Waals surface area contributed by atoms with Gasteiger partial charge in [0.15, 0.2) is 0 Å². The fourth-order valence-corrected chi connectivity index (χ4v) is 1.98.